The number of hydrogen-bond acceptors (Lipinski definition) is 7. The number of aromatic nitrogens is 1. The van der Waals surface area contributed by atoms with Gasteiger partial charge >= 0.3 is 11.9 Å². The molecule has 0 unspecified atom stereocenters. The molecule has 0 fully saturated rings. The van der Waals surface area contributed by atoms with Gasteiger partial charge in [-0.2, -0.15) is 0 Å². The molecular formula is C28H28N2O7. The number of pyridine rings is 1. The Morgan fingerprint density at radius 3 is 2.08 bits per heavy atom. The smallest absolute Gasteiger partial charge is 0.328 e. The van der Waals surface area contributed by atoms with Crippen molar-refractivity contribution < 1.29 is 34.1 Å². The van der Waals surface area contributed by atoms with Crippen LogP contribution in [0.3, 0.4) is 0 Å². The summed E-state index contributed by atoms with van der Waals surface area (Å²) in [5, 5.41) is 15.6. The molecule has 192 valence electrons. The number of para-hydroxylation sites is 2. The van der Waals surface area contributed by atoms with E-state index in [1.165, 1.54) is 6.08 Å². The van der Waals surface area contributed by atoms with Gasteiger partial charge in [-0.15, -0.1) is 0 Å². The van der Waals surface area contributed by atoms with Crippen LogP contribution in [-0.4, -0.2) is 65.1 Å². The van der Waals surface area contributed by atoms with Gasteiger partial charge in [-0.25, -0.2) is 14.6 Å². The van der Waals surface area contributed by atoms with Crippen molar-refractivity contribution in [2.24, 2.45) is 0 Å². The van der Waals surface area contributed by atoms with Crippen LogP contribution in [0.15, 0.2) is 91.2 Å². The quantitative estimate of drug-likeness (QED) is 0.288. The minimum atomic E-state index is -1.26. The van der Waals surface area contributed by atoms with E-state index in [2.05, 4.69) is 4.98 Å². The molecule has 0 aliphatic rings. The van der Waals surface area contributed by atoms with Gasteiger partial charge in [0.2, 0.25) is 5.88 Å². The zero-order chi connectivity index (χ0) is 27.0. The lowest BCUT2D eigenvalue weighted by Crippen LogP contribution is -2.19. The summed E-state index contributed by atoms with van der Waals surface area (Å²) in [7, 11) is 3.97. The molecule has 37 heavy (non-hydrogen) atoms. The third kappa shape index (κ3) is 11.0. The Bertz CT molecular complexity index is 1220. The number of carbonyl (C=O) groups is 3. The van der Waals surface area contributed by atoms with Gasteiger partial charge in [-0.3, -0.25) is 4.79 Å². The second kappa shape index (κ2) is 15.3. The van der Waals surface area contributed by atoms with E-state index in [9.17, 15) is 14.4 Å². The first kappa shape index (κ1) is 28.5. The SMILES string of the molecule is CN(C)CCOc1ccccc1Oc1ncccc1C(=O)C=Cc1ccccc1.O=C(O)/C=C\C(=O)O. The second-order valence-corrected chi connectivity index (χ2v) is 7.67. The highest BCUT2D eigenvalue weighted by molar-refractivity contribution is 6.08. The van der Waals surface area contributed by atoms with E-state index >= 15 is 0 Å². The molecule has 0 saturated carbocycles. The molecule has 2 aromatic carbocycles. The van der Waals surface area contributed by atoms with Crippen molar-refractivity contribution in [2.75, 3.05) is 27.2 Å². The number of ketones is 1. The molecule has 0 aliphatic heterocycles. The fourth-order valence-corrected chi connectivity index (χ4v) is 2.72. The third-order valence-electron chi connectivity index (χ3n) is 4.48. The molecule has 3 rings (SSSR count). The predicted molar refractivity (Wildman–Crippen MR) is 139 cm³/mol. The molecule has 0 saturated heterocycles. The number of carboxylic acid groups (broad SMARTS) is 2. The van der Waals surface area contributed by atoms with Crippen molar-refractivity contribution in [3.63, 3.8) is 0 Å². The van der Waals surface area contributed by atoms with Gasteiger partial charge in [-0.1, -0.05) is 48.5 Å². The maximum Gasteiger partial charge on any atom is 0.328 e. The number of likely N-dealkylation sites (N-methyl/N-ethyl adjacent to an activating group) is 1. The topological polar surface area (TPSA) is 126 Å². The number of carbonyl (C=O) groups excluding carboxylic acids is 1. The second-order valence-electron chi connectivity index (χ2n) is 7.67. The minimum Gasteiger partial charge on any atom is -0.488 e. The molecule has 2 N–H and O–H groups in total. The van der Waals surface area contributed by atoms with Crippen LogP contribution in [0.1, 0.15) is 15.9 Å². The summed E-state index contributed by atoms with van der Waals surface area (Å²) in [5.74, 6) is -1.31. The van der Waals surface area contributed by atoms with Crippen molar-refractivity contribution in [2.45, 2.75) is 0 Å². The highest BCUT2D eigenvalue weighted by atomic mass is 16.5. The molecule has 1 heterocycles. The van der Waals surface area contributed by atoms with Crippen LogP contribution in [0, 0.1) is 0 Å². The Morgan fingerprint density at radius 1 is 0.838 bits per heavy atom. The van der Waals surface area contributed by atoms with E-state index in [0.717, 1.165) is 12.1 Å². The van der Waals surface area contributed by atoms with E-state index in [4.69, 9.17) is 19.7 Å². The third-order valence-corrected chi connectivity index (χ3v) is 4.48. The lowest BCUT2D eigenvalue weighted by molar-refractivity contribution is -0.134. The van der Waals surface area contributed by atoms with Gasteiger partial charge in [0, 0.05) is 24.9 Å². The normalized spacial score (nSPS) is 10.7. The number of carboxylic acids is 2. The maximum absolute atomic E-state index is 12.7. The van der Waals surface area contributed by atoms with Crippen molar-refractivity contribution in [3.8, 4) is 17.4 Å². The van der Waals surface area contributed by atoms with Crippen molar-refractivity contribution in [1.29, 1.82) is 0 Å². The summed E-state index contributed by atoms with van der Waals surface area (Å²) in [6, 6.07) is 20.5. The molecule has 9 heteroatoms. The summed E-state index contributed by atoms with van der Waals surface area (Å²) < 4.78 is 11.8. The molecule has 1 aromatic heterocycles. The first-order chi connectivity index (χ1) is 17.8. The summed E-state index contributed by atoms with van der Waals surface area (Å²) >= 11 is 0. The fraction of sp³-hybridized carbons (Fsp3) is 0.143. The van der Waals surface area contributed by atoms with E-state index in [0.29, 0.717) is 35.8 Å². The van der Waals surface area contributed by atoms with Gasteiger partial charge in [0.25, 0.3) is 0 Å². The van der Waals surface area contributed by atoms with E-state index in [1.807, 2.05) is 67.5 Å². The lowest BCUT2D eigenvalue weighted by Gasteiger charge is -2.14. The molecule has 3 aromatic rings. The van der Waals surface area contributed by atoms with Crippen LogP contribution < -0.4 is 9.47 Å². The van der Waals surface area contributed by atoms with Crippen molar-refractivity contribution in [3.05, 3.63) is 102 Å². The average Bonchev–Trinajstić information content (AvgIpc) is 2.88. The molecule has 0 radical (unpaired) electrons. The van der Waals surface area contributed by atoms with Crippen LogP contribution in [0.25, 0.3) is 6.08 Å². The highest BCUT2D eigenvalue weighted by Gasteiger charge is 2.14. The van der Waals surface area contributed by atoms with E-state index in [1.54, 1.807) is 30.5 Å². The van der Waals surface area contributed by atoms with Crippen LogP contribution in [0.4, 0.5) is 0 Å². The van der Waals surface area contributed by atoms with Crippen LogP contribution in [0.2, 0.25) is 0 Å². The maximum atomic E-state index is 12.7. The number of ether oxygens (including phenoxy) is 2. The Kier molecular flexibility index (Phi) is 11.8. The van der Waals surface area contributed by atoms with Crippen LogP contribution in [-0.2, 0) is 9.59 Å². The zero-order valence-electron chi connectivity index (χ0n) is 20.5. The molecule has 0 spiro atoms. The number of aliphatic carboxylic acids is 2. The number of benzene rings is 2. The number of hydrogen-bond donors (Lipinski definition) is 2. The van der Waals surface area contributed by atoms with Crippen LogP contribution >= 0.6 is 0 Å². The summed E-state index contributed by atoms with van der Waals surface area (Å²) in [5.41, 5.74) is 1.34. The lowest BCUT2D eigenvalue weighted by atomic mass is 10.1. The number of allylic oxidation sites excluding steroid dienone is 1. The predicted octanol–water partition coefficient (Wildman–Crippen LogP) is 4.42. The Labute approximate surface area is 214 Å². The summed E-state index contributed by atoms with van der Waals surface area (Å²) in [4.78, 5) is 38.1. The first-order valence-corrected chi connectivity index (χ1v) is 11.2. The summed E-state index contributed by atoms with van der Waals surface area (Å²) in [6.45, 7) is 1.31. The minimum absolute atomic E-state index is 0.178. The molecule has 0 bridgehead atoms. The van der Waals surface area contributed by atoms with Crippen molar-refractivity contribution >= 4 is 23.8 Å². The van der Waals surface area contributed by atoms with E-state index in [-0.39, 0.29) is 11.7 Å². The molecule has 9 nitrogen and oxygen atoms in total. The standard InChI is InChI=1S/C24H24N2O3.C4H4O4/c1-26(2)17-18-28-22-12-6-7-13-23(22)29-24-20(11-8-16-25-24)21(27)15-14-19-9-4-3-5-10-19;5-3(6)1-2-4(7)8/h3-16H,17-18H2,1-2H3;1-2H,(H,5,6)(H,7,8)/b;2-1-. The molecule has 0 atom stereocenters. The highest BCUT2D eigenvalue weighted by Crippen LogP contribution is 2.32. The van der Waals surface area contributed by atoms with Gasteiger partial charge in [0.1, 0.15) is 6.61 Å². The Morgan fingerprint density at radius 2 is 1.46 bits per heavy atom. The zero-order valence-corrected chi connectivity index (χ0v) is 20.5. The summed E-state index contributed by atoms with van der Waals surface area (Å²) in [6.07, 6.45) is 6.02. The number of rotatable bonds is 11. The first-order valence-electron chi connectivity index (χ1n) is 11.2. The fourth-order valence-electron chi connectivity index (χ4n) is 2.72. The van der Waals surface area contributed by atoms with E-state index < -0.39 is 11.9 Å². The van der Waals surface area contributed by atoms with Gasteiger partial charge in [0.05, 0.1) is 5.56 Å². The van der Waals surface area contributed by atoms with Crippen molar-refractivity contribution in [1.82, 2.24) is 9.88 Å². The molecule has 0 aliphatic carbocycles. The monoisotopic (exact) mass is 504 g/mol. The average molecular weight is 505 g/mol. The molecule has 0 amide bonds. The van der Waals surface area contributed by atoms with Gasteiger partial charge in [-0.05, 0) is 50.0 Å². The Hall–Kier alpha value is -4.76. The largest absolute Gasteiger partial charge is 0.488 e. The van der Waals surface area contributed by atoms with Gasteiger partial charge < -0.3 is 24.6 Å². The molecular weight excluding hydrogens is 476 g/mol. The van der Waals surface area contributed by atoms with Crippen LogP contribution in [0.5, 0.6) is 17.4 Å². The van der Waals surface area contributed by atoms with Gasteiger partial charge in [0.15, 0.2) is 17.3 Å². The number of nitrogens with zero attached hydrogens (tertiary/aromatic N) is 2. The Balaban J connectivity index is 0.000000521.